The molecule has 0 saturated heterocycles. The zero-order chi connectivity index (χ0) is 20.5. The monoisotopic (exact) mass is 490 g/mol. The maximum absolute atomic E-state index is 12.3. The highest BCUT2D eigenvalue weighted by Gasteiger charge is 2.17. The molecular formula is C20H16BrClN4O2S. The van der Waals surface area contributed by atoms with Crippen LogP contribution in [0.5, 0.6) is 0 Å². The summed E-state index contributed by atoms with van der Waals surface area (Å²) >= 11 is 10.8. The van der Waals surface area contributed by atoms with Crippen molar-refractivity contribution in [2.45, 2.75) is 12.1 Å². The van der Waals surface area contributed by atoms with Crippen LogP contribution in [0, 0.1) is 6.92 Å². The summed E-state index contributed by atoms with van der Waals surface area (Å²) in [7, 11) is 1.84. The number of rotatable bonds is 5. The van der Waals surface area contributed by atoms with E-state index < -0.39 is 0 Å². The summed E-state index contributed by atoms with van der Waals surface area (Å²) in [5.41, 5.74) is 2.51. The van der Waals surface area contributed by atoms with Crippen LogP contribution in [0.3, 0.4) is 0 Å². The summed E-state index contributed by atoms with van der Waals surface area (Å²) in [6.45, 7) is 1.95. The fraction of sp³-hybridized carbons (Fsp3) is 0.150. The van der Waals surface area contributed by atoms with E-state index in [-0.39, 0.29) is 11.7 Å². The average Bonchev–Trinajstić information content (AvgIpc) is 3.25. The largest absolute Gasteiger partial charge is 0.453 e. The molecule has 6 nitrogen and oxygen atoms in total. The molecule has 0 aliphatic rings. The lowest BCUT2D eigenvalue weighted by atomic mass is 10.2. The molecule has 0 spiro atoms. The van der Waals surface area contributed by atoms with Crippen molar-refractivity contribution >= 4 is 61.9 Å². The van der Waals surface area contributed by atoms with Crippen LogP contribution < -0.4 is 5.32 Å². The van der Waals surface area contributed by atoms with Gasteiger partial charge in [0.2, 0.25) is 5.91 Å². The molecule has 0 aliphatic carbocycles. The van der Waals surface area contributed by atoms with Crippen LogP contribution in [0.2, 0.25) is 5.02 Å². The van der Waals surface area contributed by atoms with Gasteiger partial charge in [-0.25, -0.2) is 0 Å². The van der Waals surface area contributed by atoms with Gasteiger partial charge in [0.05, 0.1) is 5.75 Å². The van der Waals surface area contributed by atoms with E-state index in [0.29, 0.717) is 21.8 Å². The van der Waals surface area contributed by atoms with Gasteiger partial charge in [-0.2, -0.15) is 0 Å². The van der Waals surface area contributed by atoms with Gasteiger partial charge in [-0.15, -0.1) is 10.2 Å². The topological polar surface area (TPSA) is 73.0 Å². The third kappa shape index (κ3) is 4.34. The molecule has 0 aliphatic heterocycles. The van der Waals surface area contributed by atoms with Crippen LogP contribution in [0.4, 0.5) is 5.69 Å². The molecule has 0 atom stereocenters. The first-order chi connectivity index (χ1) is 13.9. The number of nitrogens with zero attached hydrogens (tertiary/aromatic N) is 3. The number of anilines is 1. The van der Waals surface area contributed by atoms with E-state index in [1.165, 1.54) is 11.8 Å². The number of furan rings is 1. The quantitative estimate of drug-likeness (QED) is 0.363. The van der Waals surface area contributed by atoms with Gasteiger partial charge in [0.25, 0.3) is 0 Å². The SMILES string of the molecule is Cc1cc(Br)ccc1NC(=O)CSc1nnc(-c2cc3cc(Cl)ccc3o2)n1C. The van der Waals surface area contributed by atoms with E-state index in [4.69, 9.17) is 16.0 Å². The molecule has 0 saturated carbocycles. The molecular weight excluding hydrogens is 476 g/mol. The number of carbonyl (C=O) groups excluding carboxylic acids is 1. The number of carbonyl (C=O) groups is 1. The summed E-state index contributed by atoms with van der Waals surface area (Å²) in [5, 5.41) is 13.5. The lowest BCUT2D eigenvalue weighted by Gasteiger charge is -2.08. The fourth-order valence-corrected chi connectivity index (χ4v) is 4.23. The van der Waals surface area contributed by atoms with Gasteiger partial charge in [-0.3, -0.25) is 4.79 Å². The Morgan fingerprint density at radius 3 is 2.86 bits per heavy atom. The smallest absolute Gasteiger partial charge is 0.234 e. The van der Waals surface area contributed by atoms with Gasteiger partial charge in [0, 0.05) is 27.6 Å². The van der Waals surface area contributed by atoms with Crippen molar-refractivity contribution in [3.05, 3.63) is 57.5 Å². The molecule has 0 unspecified atom stereocenters. The minimum Gasteiger partial charge on any atom is -0.453 e. The van der Waals surface area contributed by atoms with Gasteiger partial charge < -0.3 is 14.3 Å². The number of fused-ring (bicyclic) bond motifs is 1. The van der Waals surface area contributed by atoms with Crippen LogP contribution in [0.25, 0.3) is 22.6 Å². The van der Waals surface area contributed by atoms with Crippen LogP contribution >= 0.6 is 39.3 Å². The zero-order valence-corrected chi connectivity index (χ0v) is 18.7. The number of nitrogens with one attached hydrogen (secondary N) is 1. The molecule has 0 bridgehead atoms. The number of aryl methyl sites for hydroxylation is 1. The van der Waals surface area contributed by atoms with Crippen molar-refractivity contribution < 1.29 is 9.21 Å². The normalized spacial score (nSPS) is 11.2. The van der Waals surface area contributed by atoms with Gasteiger partial charge in [-0.05, 0) is 55.0 Å². The van der Waals surface area contributed by atoms with E-state index >= 15 is 0 Å². The van der Waals surface area contributed by atoms with Crippen molar-refractivity contribution in [2.75, 3.05) is 11.1 Å². The van der Waals surface area contributed by atoms with Crippen LogP contribution in [-0.2, 0) is 11.8 Å². The Morgan fingerprint density at radius 2 is 2.07 bits per heavy atom. The van der Waals surface area contributed by atoms with Crippen molar-refractivity contribution in [1.82, 2.24) is 14.8 Å². The molecule has 9 heteroatoms. The summed E-state index contributed by atoms with van der Waals surface area (Å²) in [4.78, 5) is 12.3. The number of hydrogen-bond donors (Lipinski definition) is 1. The predicted molar refractivity (Wildman–Crippen MR) is 119 cm³/mol. The minimum absolute atomic E-state index is 0.108. The third-order valence-corrected chi connectivity index (χ3v) is 6.08. The Hall–Kier alpha value is -2.29. The van der Waals surface area contributed by atoms with Gasteiger partial charge in [-0.1, -0.05) is 39.3 Å². The number of hydrogen-bond acceptors (Lipinski definition) is 5. The Morgan fingerprint density at radius 1 is 1.24 bits per heavy atom. The van der Waals surface area contributed by atoms with Crippen LogP contribution in [-0.4, -0.2) is 26.4 Å². The Balaban J connectivity index is 1.46. The van der Waals surface area contributed by atoms with Crippen LogP contribution in [0.15, 0.2) is 56.5 Å². The van der Waals surface area contributed by atoms with E-state index in [1.54, 1.807) is 6.07 Å². The van der Waals surface area contributed by atoms with Gasteiger partial charge >= 0.3 is 0 Å². The maximum Gasteiger partial charge on any atom is 0.234 e. The number of amides is 1. The molecule has 2 aromatic heterocycles. The minimum atomic E-state index is -0.108. The molecule has 1 amide bonds. The highest BCUT2D eigenvalue weighted by Crippen LogP contribution is 2.30. The maximum atomic E-state index is 12.3. The second-order valence-corrected chi connectivity index (χ2v) is 8.75. The molecule has 4 rings (SSSR count). The molecule has 2 heterocycles. The predicted octanol–water partition coefficient (Wildman–Crippen LogP) is 5.68. The van der Waals surface area contributed by atoms with E-state index in [9.17, 15) is 4.79 Å². The van der Waals surface area contributed by atoms with Gasteiger partial charge in [0.1, 0.15) is 5.58 Å². The summed E-state index contributed by atoms with van der Waals surface area (Å²) in [5.74, 6) is 1.29. The second-order valence-electron chi connectivity index (χ2n) is 6.45. The van der Waals surface area contributed by atoms with Crippen molar-refractivity contribution in [3.63, 3.8) is 0 Å². The lowest BCUT2D eigenvalue weighted by molar-refractivity contribution is -0.113. The Kier molecular flexibility index (Phi) is 5.67. The first kappa shape index (κ1) is 20.0. The average molecular weight is 492 g/mol. The van der Waals surface area contributed by atoms with Crippen molar-refractivity contribution in [2.24, 2.45) is 7.05 Å². The number of halogens is 2. The third-order valence-electron chi connectivity index (χ3n) is 4.33. The first-order valence-corrected chi connectivity index (χ1v) is 10.8. The van der Waals surface area contributed by atoms with Gasteiger partial charge in [0.15, 0.2) is 16.7 Å². The lowest BCUT2D eigenvalue weighted by Crippen LogP contribution is -2.15. The number of aromatic nitrogens is 3. The van der Waals surface area contributed by atoms with E-state index in [0.717, 1.165) is 26.7 Å². The van der Waals surface area contributed by atoms with Crippen molar-refractivity contribution in [3.8, 4) is 11.6 Å². The van der Waals surface area contributed by atoms with E-state index in [2.05, 4.69) is 31.4 Å². The number of thioether (sulfide) groups is 1. The Labute approximate surface area is 184 Å². The Bertz CT molecular complexity index is 1220. The molecule has 0 fully saturated rings. The molecule has 4 aromatic rings. The standard InChI is InChI=1S/C20H16BrClN4O2S/c1-11-7-13(21)3-5-15(11)23-18(27)10-29-20-25-24-19(26(20)2)17-9-12-8-14(22)4-6-16(12)28-17/h3-9H,10H2,1-2H3,(H,23,27). The molecule has 1 N–H and O–H groups in total. The highest BCUT2D eigenvalue weighted by atomic mass is 79.9. The highest BCUT2D eigenvalue weighted by molar-refractivity contribution is 9.10. The first-order valence-electron chi connectivity index (χ1n) is 8.68. The summed E-state index contributed by atoms with van der Waals surface area (Å²) in [6.07, 6.45) is 0. The summed E-state index contributed by atoms with van der Waals surface area (Å²) < 4.78 is 8.64. The molecule has 148 valence electrons. The van der Waals surface area contributed by atoms with Crippen molar-refractivity contribution in [1.29, 1.82) is 0 Å². The fourth-order valence-electron chi connectivity index (χ4n) is 2.86. The molecule has 0 radical (unpaired) electrons. The van der Waals surface area contributed by atoms with Crippen LogP contribution in [0.1, 0.15) is 5.56 Å². The molecule has 29 heavy (non-hydrogen) atoms. The second kappa shape index (κ2) is 8.22. The number of benzene rings is 2. The zero-order valence-electron chi connectivity index (χ0n) is 15.6. The molecule has 2 aromatic carbocycles. The van der Waals surface area contributed by atoms with E-state index in [1.807, 2.05) is 54.9 Å². The summed E-state index contributed by atoms with van der Waals surface area (Å²) in [6, 6.07) is 13.0.